The van der Waals surface area contributed by atoms with Crippen molar-refractivity contribution < 1.29 is 9.18 Å². The van der Waals surface area contributed by atoms with Gasteiger partial charge in [0.15, 0.2) is 0 Å². The Labute approximate surface area is 214 Å². The van der Waals surface area contributed by atoms with Crippen molar-refractivity contribution in [3.8, 4) is 10.6 Å². The Balaban J connectivity index is 1.40. The van der Waals surface area contributed by atoms with E-state index in [-0.39, 0.29) is 5.13 Å². The summed E-state index contributed by atoms with van der Waals surface area (Å²) in [5, 5.41) is 11.6. The summed E-state index contributed by atoms with van der Waals surface area (Å²) in [5.74, 6) is -1.73. The van der Waals surface area contributed by atoms with Gasteiger partial charge in [0.25, 0.3) is 5.56 Å². The number of H-pyrrole nitrogens is 1. The Hall–Kier alpha value is -3.14. The van der Waals surface area contributed by atoms with Gasteiger partial charge in [-0.25, -0.2) is 4.79 Å². The molecule has 1 amide bonds. The number of unbranched alkanes of at least 4 members (excludes halogenated alkanes) is 9. The molecule has 0 aliphatic rings. The summed E-state index contributed by atoms with van der Waals surface area (Å²) in [6, 6.07) is 8.19. The number of carbonyl (C=O) groups is 1. The minimum absolute atomic E-state index is 0.266. The average Bonchev–Trinajstić information content (AvgIpc) is 3.32. The Morgan fingerprint density at radius 2 is 1.61 bits per heavy atom. The average molecular weight is 516 g/mol. The number of nitrogens with zero attached hydrogens (tertiary/aromatic N) is 3. The van der Waals surface area contributed by atoms with Crippen molar-refractivity contribution in [2.24, 2.45) is 0 Å². The lowest BCUT2D eigenvalue weighted by molar-refractivity contribution is -0.116. The minimum atomic E-state index is -1.14. The van der Waals surface area contributed by atoms with Crippen LogP contribution in [0.15, 0.2) is 40.1 Å². The number of rotatable bonds is 15. The van der Waals surface area contributed by atoms with Gasteiger partial charge in [-0.1, -0.05) is 100 Å². The first kappa shape index (κ1) is 27.4. The number of carbonyl (C=O) groups excluding carboxylic acids is 1. The van der Waals surface area contributed by atoms with E-state index >= 15 is 0 Å². The monoisotopic (exact) mass is 515 g/mol. The number of aryl methyl sites for hydroxylation is 1. The van der Waals surface area contributed by atoms with E-state index in [0.717, 1.165) is 16.6 Å². The number of amides is 1. The summed E-state index contributed by atoms with van der Waals surface area (Å²) in [7, 11) is 0. The normalized spacial score (nSPS) is 11.1. The van der Waals surface area contributed by atoms with Gasteiger partial charge in [-0.05, 0) is 18.4 Å². The predicted octanol–water partition coefficient (Wildman–Crippen LogP) is 5.30. The largest absolute Gasteiger partial charge is 0.328 e. The van der Waals surface area contributed by atoms with Crippen LogP contribution in [0.1, 0.15) is 76.7 Å². The maximum absolute atomic E-state index is 13.4. The topological polar surface area (TPSA) is 110 Å². The Morgan fingerprint density at radius 3 is 2.28 bits per heavy atom. The van der Waals surface area contributed by atoms with Gasteiger partial charge < -0.3 is 0 Å². The molecule has 36 heavy (non-hydrogen) atoms. The first-order valence-electron chi connectivity index (χ1n) is 12.7. The molecular weight excluding hydrogens is 481 g/mol. The first-order chi connectivity index (χ1) is 17.5. The van der Waals surface area contributed by atoms with Crippen molar-refractivity contribution in [1.82, 2.24) is 19.7 Å². The van der Waals surface area contributed by atoms with Crippen LogP contribution in [-0.4, -0.2) is 25.7 Å². The second-order valence-corrected chi connectivity index (χ2v) is 9.93. The zero-order valence-electron chi connectivity index (χ0n) is 20.7. The van der Waals surface area contributed by atoms with Gasteiger partial charge in [-0.3, -0.25) is 24.5 Å². The van der Waals surface area contributed by atoms with Crippen LogP contribution in [0.2, 0.25) is 0 Å². The number of nitrogens with one attached hydrogen (secondary N) is 2. The number of hydrogen-bond acceptors (Lipinski definition) is 6. The molecule has 0 saturated heterocycles. The highest BCUT2D eigenvalue weighted by molar-refractivity contribution is 7.18. The number of halogens is 1. The van der Waals surface area contributed by atoms with E-state index in [4.69, 9.17) is 0 Å². The van der Waals surface area contributed by atoms with Crippen LogP contribution in [0, 0.1) is 5.82 Å². The summed E-state index contributed by atoms with van der Waals surface area (Å²) < 4.78 is 14.2. The van der Waals surface area contributed by atoms with Crippen molar-refractivity contribution in [3.05, 3.63) is 62.7 Å². The van der Waals surface area contributed by atoms with Crippen LogP contribution in [0.5, 0.6) is 0 Å². The lowest BCUT2D eigenvalue weighted by Crippen LogP contribution is -2.34. The molecule has 0 aliphatic carbocycles. The van der Waals surface area contributed by atoms with Crippen LogP contribution < -0.4 is 16.6 Å². The number of anilines is 1. The van der Waals surface area contributed by atoms with Crippen LogP contribution in [0.3, 0.4) is 0 Å². The highest BCUT2D eigenvalue weighted by atomic mass is 32.1. The molecule has 1 aromatic carbocycles. The molecule has 2 aromatic heterocycles. The van der Waals surface area contributed by atoms with E-state index in [0.29, 0.717) is 11.2 Å². The number of aromatic amines is 1. The summed E-state index contributed by atoms with van der Waals surface area (Å²) in [5.41, 5.74) is 0.195. The van der Waals surface area contributed by atoms with Gasteiger partial charge in [-0.2, -0.15) is 4.39 Å². The van der Waals surface area contributed by atoms with Gasteiger partial charge in [0.2, 0.25) is 16.9 Å². The number of benzene rings is 1. The standard InChI is InChI=1S/C26H34FN5O3S/c1-2-3-4-5-6-7-8-9-10-11-12-19-13-15-20(16-14-19)24-30-31-25(36-24)28-22(33)18-32-17-21(27)23(34)29-26(32)35/h13-17H,2-12,18H2,1H3,(H,28,31,33)(H,29,34,35). The molecule has 8 nitrogen and oxygen atoms in total. The van der Waals surface area contributed by atoms with Gasteiger partial charge >= 0.3 is 5.69 Å². The van der Waals surface area contributed by atoms with Crippen molar-refractivity contribution >= 4 is 22.4 Å². The molecule has 0 atom stereocenters. The molecule has 3 rings (SSSR count). The maximum Gasteiger partial charge on any atom is 0.328 e. The smallest absolute Gasteiger partial charge is 0.299 e. The van der Waals surface area contributed by atoms with Gasteiger partial charge in [0, 0.05) is 5.56 Å². The number of hydrogen-bond donors (Lipinski definition) is 2. The molecule has 3 aromatic rings. The Kier molecular flexibility index (Phi) is 11.0. The zero-order chi connectivity index (χ0) is 25.8. The minimum Gasteiger partial charge on any atom is -0.299 e. The van der Waals surface area contributed by atoms with Crippen LogP contribution in [0.25, 0.3) is 10.6 Å². The fourth-order valence-electron chi connectivity index (χ4n) is 3.93. The molecule has 0 bridgehead atoms. The molecule has 2 N–H and O–H groups in total. The van der Waals surface area contributed by atoms with E-state index in [1.807, 2.05) is 17.1 Å². The van der Waals surface area contributed by atoms with E-state index in [1.54, 1.807) is 0 Å². The molecule has 194 valence electrons. The van der Waals surface area contributed by atoms with E-state index in [9.17, 15) is 18.8 Å². The molecular formula is C26H34FN5O3S. The van der Waals surface area contributed by atoms with Crippen molar-refractivity contribution in [1.29, 1.82) is 0 Å². The maximum atomic E-state index is 13.4. The highest BCUT2D eigenvalue weighted by Gasteiger charge is 2.12. The lowest BCUT2D eigenvalue weighted by Gasteiger charge is -2.04. The van der Waals surface area contributed by atoms with Crippen LogP contribution in [-0.2, 0) is 17.8 Å². The van der Waals surface area contributed by atoms with E-state index in [1.165, 1.54) is 81.1 Å². The third kappa shape index (κ3) is 8.82. The third-order valence-corrected chi connectivity index (χ3v) is 6.86. The molecule has 0 fully saturated rings. The third-order valence-electron chi connectivity index (χ3n) is 5.97. The molecule has 2 heterocycles. The summed E-state index contributed by atoms with van der Waals surface area (Å²) in [4.78, 5) is 36.8. The zero-order valence-corrected chi connectivity index (χ0v) is 21.5. The van der Waals surface area contributed by atoms with Crippen LogP contribution in [0.4, 0.5) is 9.52 Å². The van der Waals surface area contributed by atoms with Gasteiger partial charge in [-0.15, -0.1) is 10.2 Å². The second-order valence-electron chi connectivity index (χ2n) is 8.95. The van der Waals surface area contributed by atoms with Crippen molar-refractivity contribution in [2.75, 3.05) is 5.32 Å². The molecule has 10 heteroatoms. The second kappa shape index (κ2) is 14.4. The van der Waals surface area contributed by atoms with E-state index in [2.05, 4.69) is 34.6 Å². The first-order valence-corrected chi connectivity index (χ1v) is 13.5. The fourth-order valence-corrected chi connectivity index (χ4v) is 4.70. The summed E-state index contributed by atoms with van der Waals surface area (Å²) in [6.07, 6.45) is 15.0. The molecule has 0 unspecified atom stereocenters. The number of aromatic nitrogens is 4. The lowest BCUT2D eigenvalue weighted by atomic mass is 10.0. The molecule has 0 radical (unpaired) electrons. The van der Waals surface area contributed by atoms with Gasteiger partial charge in [0.1, 0.15) is 11.6 Å². The fraction of sp³-hybridized carbons (Fsp3) is 0.500. The van der Waals surface area contributed by atoms with Crippen LogP contribution >= 0.6 is 11.3 Å². The van der Waals surface area contributed by atoms with Gasteiger partial charge in [0.05, 0.1) is 6.20 Å². The quantitative estimate of drug-likeness (QED) is 0.267. The SMILES string of the molecule is CCCCCCCCCCCCc1ccc(-c2nnc(NC(=O)Cn3cc(F)c(=O)[nH]c3=O)s2)cc1. The summed E-state index contributed by atoms with van der Waals surface area (Å²) >= 11 is 1.20. The van der Waals surface area contributed by atoms with E-state index < -0.39 is 29.5 Å². The highest BCUT2D eigenvalue weighted by Crippen LogP contribution is 2.27. The molecule has 0 saturated carbocycles. The Bertz CT molecular complexity index is 1220. The Morgan fingerprint density at radius 1 is 0.972 bits per heavy atom. The molecule has 0 aliphatic heterocycles. The van der Waals surface area contributed by atoms with Crippen molar-refractivity contribution in [2.45, 2.75) is 84.1 Å². The van der Waals surface area contributed by atoms with Crippen molar-refractivity contribution in [3.63, 3.8) is 0 Å². The summed E-state index contributed by atoms with van der Waals surface area (Å²) in [6.45, 7) is 1.79. The molecule has 0 spiro atoms. The predicted molar refractivity (Wildman–Crippen MR) is 141 cm³/mol.